The Morgan fingerprint density at radius 3 is 2.12 bits per heavy atom. The highest BCUT2D eigenvalue weighted by Gasteiger charge is 2.21. The summed E-state index contributed by atoms with van der Waals surface area (Å²) < 4.78 is 27.5. The molecule has 1 aliphatic rings. The predicted octanol–water partition coefficient (Wildman–Crippen LogP) is 3.84. The third-order valence-electron chi connectivity index (χ3n) is 5.56. The Kier molecular flexibility index (Phi) is 6.87. The number of carbonyl (C=O) groups is 1. The normalized spacial score (nSPS) is 15.2. The lowest BCUT2D eigenvalue weighted by atomic mass is 10.2. The van der Waals surface area contributed by atoms with Crippen LogP contribution >= 0.6 is 0 Å². The van der Waals surface area contributed by atoms with Crippen LogP contribution < -0.4 is 4.72 Å². The van der Waals surface area contributed by atoms with E-state index in [0.29, 0.717) is 24.3 Å². The van der Waals surface area contributed by atoms with Crippen molar-refractivity contribution in [2.75, 3.05) is 30.9 Å². The van der Waals surface area contributed by atoms with E-state index in [-0.39, 0.29) is 10.8 Å². The molecule has 6 nitrogen and oxygen atoms in total. The van der Waals surface area contributed by atoms with E-state index in [1.807, 2.05) is 23.1 Å². The Morgan fingerprint density at radius 1 is 0.781 bits per heavy atom. The maximum atomic E-state index is 13.0. The molecule has 0 aliphatic carbocycles. The number of hydrogen-bond donors (Lipinski definition) is 1. The summed E-state index contributed by atoms with van der Waals surface area (Å²) in [5.41, 5.74) is 2.26. The van der Waals surface area contributed by atoms with Crippen molar-refractivity contribution >= 4 is 21.6 Å². The second-order valence-electron chi connectivity index (χ2n) is 7.90. The quantitative estimate of drug-likeness (QED) is 0.621. The lowest BCUT2D eigenvalue weighted by Gasteiger charge is -2.22. The van der Waals surface area contributed by atoms with Gasteiger partial charge in [0.15, 0.2) is 0 Å². The van der Waals surface area contributed by atoms with Gasteiger partial charge in [-0.15, -0.1) is 0 Å². The van der Waals surface area contributed by atoms with Gasteiger partial charge in [-0.1, -0.05) is 48.5 Å². The van der Waals surface area contributed by atoms with Gasteiger partial charge in [-0.2, -0.15) is 0 Å². The van der Waals surface area contributed by atoms with Crippen molar-refractivity contribution in [3.63, 3.8) is 0 Å². The third kappa shape index (κ3) is 5.55. The van der Waals surface area contributed by atoms with E-state index >= 15 is 0 Å². The Morgan fingerprint density at radius 2 is 1.44 bits per heavy atom. The van der Waals surface area contributed by atoms with Gasteiger partial charge in [-0.05, 0) is 48.4 Å². The average Bonchev–Trinajstić information content (AvgIpc) is 3.06. The molecule has 32 heavy (non-hydrogen) atoms. The minimum absolute atomic E-state index is 0.0240. The lowest BCUT2D eigenvalue weighted by Crippen LogP contribution is -2.35. The maximum absolute atomic E-state index is 13.0. The number of carbonyl (C=O) groups excluding carboxylic acids is 1. The van der Waals surface area contributed by atoms with Crippen molar-refractivity contribution < 1.29 is 13.2 Å². The van der Waals surface area contributed by atoms with E-state index in [9.17, 15) is 13.2 Å². The fraction of sp³-hybridized carbons (Fsp3) is 0.240. The zero-order valence-corrected chi connectivity index (χ0v) is 18.7. The van der Waals surface area contributed by atoms with Gasteiger partial charge in [-0.3, -0.25) is 14.4 Å². The van der Waals surface area contributed by atoms with Crippen molar-refractivity contribution in [3.05, 3.63) is 96.1 Å². The second kappa shape index (κ2) is 9.97. The highest BCUT2D eigenvalue weighted by Crippen LogP contribution is 2.18. The van der Waals surface area contributed by atoms with Gasteiger partial charge in [0, 0.05) is 44.0 Å². The maximum Gasteiger partial charge on any atom is 0.261 e. The Hall–Kier alpha value is -3.16. The Bertz CT molecular complexity index is 1130. The van der Waals surface area contributed by atoms with Crippen molar-refractivity contribution in [1.82, 2.24) is 9.80 Å². The number of sulfonamides is 1. The number of amides is 1. The van der Waals surface area contributed by atoms with Gasteiger partial charge >= 0.3 is 0 Å². The molecule has 1 heterocycles. The van der Waals surface area contributed by atoms with Crippen LogP contribution in [-0.2, 0) is 16.6 Å². The summed E-state index contributed by atoms with van der Waals surface area (Å²) in [5, 5.41) is 0. The van der Waals surface area contributed by atoms with E-state index in [1.54, 1.807) is 54.6 Å². The van der Waals surface area contributed by atoms with Crippen molar-refractivity contribution in [2.24, 2.45) is 0 Å². The smallest absolute Gasteiger partial charge is 0.261 e. The molecule has 3 aromatic rings. The number of rotatable bonds is 6. The van der Waals surface area contributed by atoms with Gasteiger partial charge < -0.3 is 4.90 Å². The predicted molar refractivity (Wildman–Crippen MR) is 126 cm³/mol. The van der Waals surface area contributed by atoms with E-state index in [0.717, 1.165) is 26.1 Å². The molecule has 0 aromatic heterocycles. The molecule has 1 fully saturated rings. The van der Waals surface area contributed by atoms with Crippen LogP contribution in [0.15, 0.2) is 89.8 Å². The molecule has 0 atom stereocenters. The molecule has 4 rings (SSSR count). The standard InChI is InChI=1S/C25H27N3O3S/c29-25(28-17-7-16-27(18-19-28)20-21-8-3-1-4-9-21)22-12-14-23(15-13-22)26-32(30,31)24-10-5-2-6-11-24/h1-6,8-15,26H,7,16-20H2. The monoisotopic (exact) mass is 449 g/mol. The number of nitrogens with one attached hydrogen (secondary N) is 1. The SMILES string of the molecule is O=C(c1ccc(NS(=O)(=O)c2ccccc2)cc1)N1CCCN(Cc2ccccc2)CC1. The summed E-state index contributed by atoms with van der Waals surface area (Å²) in [7, 11) is -3.65. The fourth-order valence-electron chi connectivity index (χ4n) is 3.85. The van der Waals surface area contributed by atoms with Gasteiger partial charge in [-0.25, -0.2) is 8.42 Å². The molecule has 3 aromatic carbocycles. The van der Waals surface area contributed by atoms with Crippen molar-refractivity contribution in [3.8, 4) is 0 Å². The summed E-state index contributed by atoms with van der Waals surface area (Å²) >= 11 is 0. The summed E-state index contributed by atoms with van der Waals surface area (Å²) in [6.07, 6.45) is 0.924. The molecule has 1 amide bonds. The highest BCUT2D eigenvalue weighted by atomic mass is 32.2. The van der Waals surface area contributed by atoms with E-state index < -0.39 is 10.0 Å². The molecule has 7 heteroatoms. The summed E-state index contributed by atoms with van der Waals surface area (Å²) in [6.45, 7) is 4.06. The largest absolute Gasteiger partial charge is 0.337 e. The van der Waals surface area contributed by atoms with Crippen LogP contribution in [0.4, 0.5) is 5.69 Å². The number of benzene rings is 3. The minimum atomic E-state index is -3.65. The summed E-state index contributed by atoms with van der Waals surface area (Å²) in [6, 6.07) is 25.2. The van der Waals surface area contributed by atoms with Crippen molar-refractivity contribution in [2.45, 2.75) is 17.9 Å². The summed E-state index contributed by atoms with van der Waals surface area (Å²) in [5.74, 6) is -0.0240. The number of nitrogens with zero attached hydrogens (tertiary/aromatic N) is 2. The molecular weight excluding hydrogens is 422 g/mol. The van der Waals surface area contributed by atoms with Gasteiger partial charge in [0.05, 0.1) is 4.90 Å². The van der Waals surface area contributed by atoms with Crippen LogP contribution in [0.5, 0.6) is 0 Å². The Balaban J connectivity index is 1.36. The first-order valence-corrected chi connectivity index (χ1v) is 12.2. The van der Waals surface area contributed by atoms with Gasteiger partial charge in [0.1, 0.15) is 0 Å². The van der Waals surface area contributed by atoms with Gasteiger partial charge in [0.25, 0.3) is 15.9 Å². The molecule has 1 saturated heterocycles. The van der Waals surface area contributed by atoms with Crippen LogP contribution in [-0.4, -0.2) is 50.3 Å². The topological polar surface area (TPSA) is 69.7 Å². The zero-order chi connectivity index (χ0) is 22.4. The molecule has 166 valence electrons. The molecule has 0 radical (unpaired) electrons. The molecule has 1 N–H and O–H groups in total. The molecule has 0 spiro atoms. The average molecular weight is 450 g/mol. The molecule has 0 bridgehead atoms. The lowest BCUT2D eigenvalue weighted by molar-refractivity contribution is 0.0761. The van der Waals surface area contributed by atoms with E-state index in [1.165, 1.54) is 5.56 Å². The Labute approximate surface area is 189 Å². The minimum Gasteiger partial charge on any atom is -0.337 e. The van der Waals surface area contributed by atoms with Crippen LogP contribution in [0.2, 0.25) is 0 Å². The van der Waals surface area contributed by atoms with Crippen LogP contribution in [0.1, 0.15) is 22.3 Å². The molecule has 1 aliphatic heterocycles. The number of hydrogen-bond acceptors (Lipinski definition) is 4. The highest BCUT2D eigenvalue weighted by molar-refractivity contribution is 7.92. The van der Waals surface area contributed by atoms with E-state index in [2.05, 4.69) is 21.8 Å². The first-order chi connectivity index (χ1) is 15.5. The fourth-order valence-corrected chi connectivity index (χ4v) is 4.93. The molecule has 0 unspecified atom stereocenters. The van der Waals surface area contributed by atoms with Crippen LogP contribution in [0.25, 0.3) is 0 Å². The second-order valence-corrected chi connectivity index (χ2v) is 9.59. The van der Waals surface area contributed by atoms with E-state index in [4.69, 9.17) is 0 Å². The first-order valence-electron chi connectivity index (χ1n) is 10.7. The number of anilines is 1. The molecular formula is C25H27N3O3S. The zero-order valence-electron chi connectivity index (χ0n) is 17.9. The third-order valence-corrected chi connectivity index (χ3v) is 6.96. The van der Waals surface area contributed by atoms with Crippen molar-refractivity contribution in [1.29, 1.82) is 0 Å². The summed E-state index contributed by atoms with van der Waals surface area (Å²) in [4.78, 5) is 17.5. The van der Waals surface area contributed by atoms with Crippen LogP contribution in [0, 0.1) is 0 Å². The van der Waals surface area contributed by atoms with Crippen LogP contribution in [0.3, 0.4) is 0 Å². The first kappa shape index (κ1) is 22.0. The van der Waals surface area contributed by atoms with Gasteiger partial charge in [0.2, 0.25) is 0 Å². The molecule has 0 saturated carbocycles.